The van der Waals surface area contributed by atoms with E-state index in [4.69, 9.17) is 61.3 Å². The predicted molar refractivity (Wildman–Crippen MR) is 316 cm³/mol. The van der Waals surface area contributed by atoms with Crippen molar-refractivity contribution >= 4 is 0 Å². The molecule has 0 aliphatic heterocycles. The molecule has 84 heavy (non-hydrogen) atoms. The molecule has 0 aliphatic carbocycles. The Labute approximate surface area is 503 Å². The van der Waals surface area contributed by atoms with Crippen LogP contribution in [0.25, 0.3) is 24.2 Å². The molecule has 0 rings (SSSR count). The number of nitrogens with zero attached hydrogens (tertiary/aromatic N) is 18. The van der Waals surface area contributed by atoms with Gasteiger partial charge in [0.05, 0.1) is 88.4 Å². The lowest BCUT2D eigenvalue weighted by molar-refractivity contribution is -0.198. The van der Waals surface area contributed by atoms with Crippen LogP contribution in [0.2, 0.25) is 0 Å². The number of ether oxygens (including phenoxy) is 6. The SMILES string of the molecule is [C-]#[N+]CCN(CCC#N)CCCOC(C(COCCCN(CC[N+]#[C-])CC[N+]#[C-])OCCCN(CC[N+]#[C-])CC[N+]#[C-])C(OCCCN(CCC#N)CCC#N)C(COCCCN(CCC#N)CCC#N)OCCCN(CCC#N)CCC#N. The van der Waals surface area contributed by atoms with Crippen molar-refractivity contribution in [2.45, 2.75) is 108 Å². The third-order valence-electron chi connectivity index (χ3n) is 13.3. The fourth-order valence-corrected chi connectivity index (χ4v) is 8.97. The zero-order valence-corrected chi connectivity index (χ0v) is 49.9. The summed E-state index contributed by atoms with van der Waals surface area (Å²) in [7, 11) is 0. The molecule has 458 valence electrons. The summed E-state index contributed by atoms with van der Waals surface area (Å²) < 4.78 is 40.9. The van der Waals surface area contributed by atoms with Gasteiger partial charge in [0.25, 0.3) is 0 Å². The maximum Gasteiger partial charge on any atom is 0.227 e. The zero-order chi connectivity index (χ0) is 61.6. The molecule has 4 unspecified atom stereocenters. The standard InChI is InChI=1S/C60H92N18O6/c1-68-26-44-76(37-12-25-67)42-18-54-84-60(58(82-52-16-43-78(47-29-71-4)48-30-72-5)56-80-50-14-39-77(45-27-69-2)46-28-70-3)59(83-53-17-41-75(35-10-23-65)36-11-24-66)57(81-51-15-40-74(33-8-21-63)34-9-22-64)55-79-49-13-38-73(31-6-19-61)32-7-20-62/h57-60H,6-18,26-56H2. The highest BCUT2D eigenvalue weighted by Gasteiger charge is 2.39. The van der Waals surface area contributed by atoms with Gasteiger partial charge in [0.1, 0.15) is 24.4 Å². The Hall–Kier alpha value is -6.60. The van der Waals surface area contributed by atoms with Crippen molar-refractivity contribution < 1.29 is 28.4 Å². The summed E-state index contributed by atoms with van der Waals surface area (Å²) in [5, 5.41) is 65.8. The van der Waals surface area contributed by atoms with E-state index in [1.165, 1.54) is 0 Å². The first-order valence-corrected chi connectivity index (χ1v) is 29.5. The molecule has 0 aliphatic rings. The molecule has 0 saturated carbocycles. The van der Waals surface area contributed by atoms with Gasteiger partial charge in [-0.1, -0.05) is 0 Å². The third kappa shape index (κ3) is 44.0. The van der Waals surface area contributed by atoms with Crippen LogP contribution in [0.15, 0.2) is 0 Å². The maximum absolute atomic E-state index is 9.45. The van der Waals surface area contributed by atoms with Crippen LogP contribution in [0.3, 0.4) is 0 Å². The smallest absolute Gasteiger partial charge is 0.227 e. The fourth-order valence-electron chi connectivity index (χ4n) is 8.97. The first kappa shape index (κ1) is 77.4. The van der Waals surface area contributed by atoms with Crippen LogP contribution < -0.4 is 0 Å². The first-order chi connectivity index (χ1) is 41.3. The molecule has 0 N–H and O–H groups in total. The van der Waals surface area contributed by atoms with Gasteiger partial charge in [-0.2, -0.15) is 36.8 Å². The Kier molecular flexibility index (Phi) is 54.9. The van der Waals surface area contributed by atoms with Gasteiger partial charge in [-0.25, -0.2) is 32.9 Å². The molecule has 0 amide bonds. The van der Waals surface area contributed by atoms with Crippen LogP contribution in [0, 0.1) is 112 Å². The van der Waals surface area contributed by atoms with E-state index < -0.39 is 24.4 Å². The summed E-state index contributed by atoms with van der Waals surface area (Å²) in [5.41, 5.74) is 0. The van der Waals surface area contributed by atoms with Crippen LogP contribution >= 0.6 is 0 Å². The quantitative estimate of drug-likeness (QED) is 0.0522. The van der Waals surface area contributed by atoms with Gasteiger partial charge in [-0.3, -0.25) is 14.7 Å². The molecule has 0 fully saturated rings. The van der Waals surface area contributed by atoms with E-state index in [9.17, 15) is 36.8 Å². The highest BCUT2D eigenvalue weighted by molar-refractivity contribution is 4.88. The Balaban J connectivity index is 7.82. The second kappa shape index (κ2) is 59.6. The highest BCUT2D eigenvalue weighted by Crippen LogP contribution is 2.22. The third-order valence-corrected chi connectivity index (χ3v) is 13.3. The van der Waals surface area contributed by atoms with Crippen LogP contribution in [-0.2, 0) is 28.4 Å². The summed E-state index contributed by atoms with van der Waals surface area (Å²) in [6, 6.07) is 15.4. The van der Waals surface area contributed by atoms with Crippen LogP contribution in [0.4, 0.5) is 0 Å². The minimum absolute atomic E-state index is 0.0538. The van der Waals surface area contributed by atoms with Crippen molar-refractivity contribution in [1.82, 2.24) is 29.4 Å². The van der Waals surface area contributed by atoms with Gasteiger partial charge >= 0.3 is 0 Å². The predicted octanol–water partition coefficient (Wildman–Crippen LogP) is 5.71. The second-order valence-corrected chi connectivity index (χ2v) is 19.6. The van der Waals surface area contributed by atoms with Crippen LogP contribution in [0.1, 0.15) is 83.5 Å². The molecular weight excluding hydrogens is 1070 g/mol. The number of hydrogen-bond donors (Lipinski definition) is 0. The van der Waals surface area contributed by atoms with Gasteiger partial charge < -0.3 is 67.3 Å². The van der Waals surface area contributed by atoms with Crippen LogP contribution in [0.5, 0.6) is 0 Å². The van der Waals surface area contributed by atoms with Crippen molar-refractivity contribution in [3.63, 3.8) is 0 Å². The van der Waals surface area contributed by atoms with Gasteiger partial charge in [0, 0.05) is 170 Å². The van der Waals surface area contributed by atoms with Crippen LogP contribution in [-0.4, -0.2) is 257 Å². The Morgan fingerprint density at radius 3 is 0.702 bits per heavy atom. The van der Waals surface area contributed by atoms with Crippen molar-refractivity contribution in [1.29, 1.82) is 36.8 Å². The fraction of sp³-hybridized carbons (Fsp3) is 0.800. The summed E-state index contributed by atoms with van der Waals surface area (Å²) >= 11 is 0. The average molecular weight is 1160 g/mol. The number of nitriles is 7. The molecule has 0 aromatic heterocycles. The summed E-state index contributed by atoms with van der Waals surface area (Å²) in [4.78, 5) is 30.1. The van der Waals surface area contributed by atoms with E-state index >= 15 is 0 Å². The first-order valence-electron chi connectivity index (χ1n) is 29.5. The lowest BCUT2D eigenvalue weighted by Crippen LogP contribution is -2.53. The Morgan fingerprint density at radius 1 is 0.274 bits per heavy atom. The average Bonchev–Trinajstić information content (AvgIpc) is 3.71. The van der Waals surface area contributed by atoms with Gasteiger partial charge in [0.2, 0.25) is 32.7 Å². The van der Waals surface area contributed by atoms with E-state index in [0.29, 0.717) is 241 Å². The monoisotopic (exact) mass is 1160 g/mol. The lowest BCUT2D eigenvalue weighted by Gasteiger charge is -2.38. The molecule has 0 aromatic carbocycles. The van der Waals surface area contributed by atoms with Gasteiger partial charge in [-0.15, -0.1) is 0 Å². The van der Waals surface area contributed by atoms with E-state index in [1.807, 2.05) is 0 Å². The second-order valence-electron chi connectivity index (χ2n) is 19.6. The normalized spacial score (nSPS) is 12.4. The van der Waals surface area contributed by atoms with Crippen molar-refractivity contribution in [3.05, 3.63) is 57.1 Å². The molecule has 0 spiro atoms. The topological polar surface area (TPSA) is 263 Å². The minimum Gasteiger partial charge on any atom is -0.379 e. The lowest BCUT2D eigenvalue weighted by atomic mass is 10.0. The molecule has 0 saturated heterocycles. The zero-order valence-electron chi connectivity index (χ0n) is 49.9. The number of hydrogen-bond acceptors (Lipinski definition) is 19. The van der Waals surface area contributed by atoms with Crippen molar-refractivity contribution in [3.8, 4) is 42.5 Å². The van der Waals surface area contributed by atoms with E-state index in [1.54, 1.807) is 0 Å². The number of rotatable bonds is 59. The molecule has 24 heteroatoms. The molecular formula is C60H92N18O6. The summed E-state index contributed by atoms with van der Waals surface area (Å²) in [6.07, 6.45) is 2.14. The van der Waals surface area contributed by atoms with E-state index in [2.05, 4.69) is 96.1 Å². The molecule has 0 radical (unpaired) electrons. The van der Waals surface area contributed by atoms with Crippen molar-refractivity contribution in [2.24, 2.45) is 0 Å². The summed E-state index contributed by atoms with van der Waals surface area (Å²) in [6.45, 7) is 49.5. The van der Waals surface area contributed by atoms with Crippen molar-refractivity contribution in [2.75, 3.05) is 203 Å². The molecule has 0 heterocycles. The Morgan fingerprint density at radius 2 is 0.476 bits per heavy atom. The maximum atomic E-state index is 9.45. The van der Waals surface area contributed by atoms with Gasteiger partial charge in [0.15, 0.2) is 0 Å². The van der Waals surface area contributed by atoms with E-state index in [-0.39, 0.29) is 46.2 Å². The molecule has 0 bridgehead atoms. The molecule has 0 aromatic rings. The minimum atomic E-state index is -0.871. The molecule has 24 nitrogen and oxygen atoms in total. The largest absolute Gasteiger partial charge is 0.379 e. The highest BCUT2D eigenvalue weighted by atomic mass is 16.6. The molecule has 4 atom stereocenters. The van der Waals surface area contributed by atoms with E-state index in [0.717, 1.165) is 0 Å². The van der Waals surface area contributed by atoms with Gasteiger partial charge in [-0.05, 0) is 38.5 Å². The Bertz CT molecular complexity index is 1920. The summed E-state index contributed by atoms with van der Waals surface area (Å²) in [5.74, 6) is 0.